The Labute approximate surface area is 162 Å². The molecule has 2 aromatic carbocycles. The largest absolute Gasteiger partial charge is 0.485 e. The van der Waals surface area contributed by atoms with Gasteiger partial charge < -0.3 is 19.1 Å². The van der Waals surface area contributed by atoms with Crippen LogP contribution in [0.3, 0.4) is 0 Å². The number of esters is 1. The van der Waals surface area contributed by atoms with Gasteiger partial charge in [-0.25, -0.2) is 4.79 Å². The summed E-state index contributed by atoms with van der Waals surface area (Å²) in [4.78, 5) is 12.3. The molecule has 1 aliphatic rings. The molecule has 0 saturated carbocycles. The lowest BCUT2D eigenvalue weighted by molar-refractivity contribution is -0.0629. The van der Waals surface area contributed by atoms with E-state index >= 15 is 0 Å². The molecule has 6 nitrogen and oxygen atoms in total. The van der Waals surface area contributed by atoms with Gasteiger partial charge in [0.05, 0.1) is 30.3 Å². The number of aliphatic hydroxyl groups excluding tert-OH is 1. The number of para-hydroxylation sites is 1. The highest BCUT2D eigenvalue weighted by atomic mass is 16.5. The standard InChI is InChI=1S/C22H20N2O4/c1-22(2)20(25)19(15-10-13(11-23)8-9-18(15)28-22)24-12-16(21(26)27-3)14-6-4-5-7-17(14)24/h4-10,12,19-20,25H,1-3H3/t19-,20+/m1/s1. The first kappa shape index (κ1) is 18.1. The van der Waals surface area contributed by atoms with E-state index in [0.29, 0.717) is 22.4 Å². The Balaban J connectivity index is 2.01. The van der Waals surface area contributed by atoms with Crippen molar-refractivity contribution in [2.45, 2.75) is 31.6 Å². The molecule has 0 radical (unpaired) electrons. The van der Waals surface area contributed by atoms with Crippen molar-refractivity contribution >= 4 is 16.9 Å². The average molecular weight is 376 g/mol. The van der Waals surface area contributed by atoms with Crippen LogP contribution in [0.4, 0.5) is 0 Å². The molecule has 1 aliphatic heterocycles. The summed E-state index contributed by atoms with van der Waals surface area (Å²) in [5.41, 5.74) is 1.53. The van der Waals surface area contributed by atoms with Gasteiger partial charge in [-0.15, -0.1) is 0 Å². The van der Waals surface area contributed by atoms with E-state index in [1.54, 1.807) is 24.4 Å². The number of carbonyl (C=O) groups excluding carboxylic acids is 1. The lowest BCUT2D eigenvalue weighted by atomic mass is 9.85. The zero-order chi connectivity index (χ0) is 20.1. The highest BCUT2D eigenvalue weighted by Gasteiger charge is 2.44. The van der Waals surface area contributed by atoms with Gasteiger partial charge in [-0.1, -0.05) is 18.2 Å². The fourth-order valence-electron chi connectivity index (χ4n) is 3.85. The first-order valence-corrected chi connectivity index (χ1v) is 8.96. The van der Waals surface area contributed by atoms with Crippen molar-refractivity contribution in [3.05, 3.63) is 65.4 Å². The smallest absolute Gasteiger partial charge is 0.340 e. The van der Waals surface area contributed by atoms with E-state index in [0.717, 1.165) is 10.9 Å². The molecule has 0 unspecified atom stereocenters. The fraction of sp³-hybridized carbons (Fsp3) is 0.273. The van der Waals surface area contributed by atoms with Crippen molar-refractivity contribution in [2.75, 3.05) is 7.11 Å². The van der Waals surface area contributed by atoms with Crippen molar-refractivity contribution in [3.8, 4) is 11.8 Å². The normalized spacial score (nSPS) is 20.1. The molecule has 0 saturated heterocycles. The number of nitrogens with zero attached hydrogens (tertiary/aromatic N) is 2. The molecule has 0 bridgehead atoms. The van der Waals surface area contributed by atoms with Crippen LogP contribution in [-0.4, -0.2) is 34.5 Å². The molecule has 0 fully saturated rings. The highest BCUT2D eigenvalue weighted by Crippen LogP contribution is 2.44. The van der Waals surface area contributed by atoms with Gasteiger partial charge in [0.25, 0.3) is 0 Å². The van der Waals surface area contributed by atoms with Crippen molar-refractivity contribution in [2.24, 2.45) is 0 Å². The van der Waals surface area contributed by atoms with Crippen LogP contribution in [0.25, 0.3) is 10.9 Å². The van der Waals surface area contributed by atoms with Gasteiger partial charge in [0.2, 0.25) is 0 Å². The topological polar surface area (TPSA) is 84.5 Å². The van der Waals surface area contributed by atoms with Gasteiger partial charge >= 0.3 is 5.97 Å². The van der Waals surface area contributed by atoms with Crippen molar-refractivity contribution in [3.63, 3.8) is 0 Å². The Bertz CT molecular complexity index is 1120. The number of fused-ring (bicyclic) bond motifs is 2. The van der Waals surface area contributed by atoms with Gasteiger partial charge in [-0.3, -0.25) is 0 Å². The third-order valence-electron chi connectivity index (χ3n) is 5.29. The lowest BCUT2D eigenvalue weighted by Crippen LogP contribution is -2.50. The predicted molar refractivity (Wildman–Crippen MR) is 103 cm³/mol. The third-order valence-corrected chi connectivity index (χ3v) is 5.29. The number of benzene rings is 2. The summed E-state index contributed by atoms with van der Waals surface area (Å²) in [6.45, 7) is 3.64. The molecule has 2 atom stereocenters. The Morgan fingerprint density at radius 3 is 2.75 bits per heavy atom. The van der Waals surface area contributed by atoms with E-state index in [1.165, 1.54) is 7.11 Å². The second kappa shape index (κ2) is 6.39. The van der Waals surface area contributed by atoms with Crippen LogP contribution in [0.5, 0.6) is 5.75 Å². The summed E-state index contributed by atoms with van der Waals surface area (Å²) in [6, 6.07) is 14.2. The zero-order valence-electron chi connectivity index (χ0n) is 15.8. The molecule has 6 heteroatoms. The lowest BCUT2D eigenvalue weighted by Gasteiger charge is -2.43. The van der Waals surface area contributed by atoms with Gasteiger partial charge in [0.1, 0.15) is 17.5 Å². The van der Waals surface area contributed by atoms with Crippen LogP contribution in [0.2, 0.25) is 0 Å². The minimum absolute atomic E-state index is 0.424. The number of aromatic nitrogens is 1. The van der Waals surface area contributed by atoms with Gasteiger partial charge in [-0.2, -0.15) is 5.26 Å². The number of carbonyl (C=O) groups is 1. The number of hydrogen-bond donors (Lipinski definition) is 1. The van der Waals surface area contributed by atoms with Crippen LogP contribution in [0, 0.1) is 11.3 Å². The number of nitriles is 1. The second-order valence-electron chi connectivity index (χ2n) is 7.42. The number of hydrogen-bond acceptors (Lipinski definition) is 5. The summed E-state index contributed by atoms with van der Waals surface area (Å²) >= 11 is 0. The molecular weight excluding hydrogens is 356 g/mol. The molecule has 0 aliphatic carbocycles. The number of rotatable bonds is 2. The van der Waals surface area contributed by atoms with E-state index in [9.17, 15) is 15.2 Å². The summed E-state index contributed by atoms with van der Waals surface area (Å²) in [6.07, 6.45) is 0.796. The van der Waals surface area contributed by atoms with Crippen LogP contribution in [0.15, 0.2) is 48.7 Å². The zero-order valence-corrected chi connectivity index (χ0v) is 15.8. The highest BCUT2D eigenvalue weighted by molar-refractivity contribution is 6.04. The first-order chi connectivity index (χ1) is 13.4. The number of methoxy groups -OCH3 is 1. The SMILES string of the molecule is COC(=O)c1cn([C@@H]2c3cc(C#N)ccc3OC(C)(C)[C@H]2O)c2ccccc12. The quantitative estimate of drug-likeness (QED) is 0.693. The monoisotopic (exact) mass is 376 g/mol. The van der Waals surface area contributed by atoms with Crippen LogP contribution in [0.1, 0.15) is 41.4 Å². The molecule has 1 N–H and O–H groups in total. The Morgan fingerprint density at radius 2 is 2.04 bits per heavy atom. The summed E-state index contributed by atoms with van der Waals surface area (Å²) in [5, 5.41) is 21.2. The molecule has 1 aromatic heterocycles. The predicted octanol–water partition coefficient (Wildman–Crippen LogP) is 3.42. The Hall–Kier alpha value is -3.30. The minimum atomic E-state index is -0.907. The van der Waals surface area contributed by atoms with E-state index in [1.807, 2.05) is 42.7 Å². The van der Waals surface area contributed by atoms with E-state index in [2.05, 4.69) is 6.07 Å². The number of aliphatic hydroxyl groups is 1. The fourth-order valence-corrected chi connectivity index (χ4v) is 3.85. The Kier molecular flexibility index (Phi) is 4.13. The summed E-state index contributed by atoms with van der Waals surface area (Å²) in [7, 11) is 1.34. The Morgan fingerprint density at radius 1 is 1.29 bits per heavy atom. The van der Waals surface area contributed by atoms with Crippen LogP contribution >= 0.6 is 0 Å². The molecule has 142 valence electrons. The molecule has 3 aromatic rings. The van der Waals surface area contributed by atoms with Crippen molar-refractivity contribution in [1.82, 2.24) is 4.57 Å². The van der Waals surface area contributed by atoms with E-state index in [4.69, 9.17) is 9.47 Å². The molecule has 0 amide bonds. The van der Waals surface area contributed by atoms with Crippen molar-refractivity contribution in [1.29, 1.82) is 5.26 Å². The number of ether oxygens (including phenoxy) is 2. The minimum Gasteiger partial charge on any atom is -0.485 e. The molecular formula is C22H20N2O4. The maximum Gasteiger partial charge on any atom is 0.340 e. The second-order valence-corrected chi connectivity index (χ2v) is 7.42. The molecule has 0 spiro atoms. The van der Waals surface area contributed by atoms with Crippen LogP contribution in [-0.2, 0) is 4.74 Å². The molecule has 2 heterocycles. The summed E-state index contributed by atoms with van der Waals surface area (Å²) < 4.78 is 12.8. The van der Waals surface area contributed by atoms with E-state index in [-0.39, 0.29) is 0 Å². The average Bonchev–Trinajstić information content (AvgIpc) is 3.07. The third kappa shape index (κ3) is 2.63. The van der Waals surface area contributed by atoms with Crippen molar-refractivity contribution < 1.29 is 19.4 Å². The van der Waals surface area contributed by atoms with Crippen LogP contribution < -0.4 is 4.74 Å². The van der Waals surface area contributed by atoms with Gasteiger partial charge in [-0.05, 0) is 38.1 Å². The van der Waals surface area contributed by atoms with Gasteiger partial charge in [0.15, 0.2) is 0 Å². The molecule has 4 rings (SSSR count). The molecule has 28 heavy (non-hydrogen) atoms. The summed E-state index contributed by atoms with van der Waals surface area (Å²) in [5.74, 6) is 0.165. The van der Waals surface area contributed by atoms with Gasteiger partial charge in [0, 0.05) is 22.7 Å². The first-order valence-electron chi connectivity index (χ1n) is 8.96. The van der Waals surface area contributed by atoms with E-state index < -0.39 is 23.7 Å². The maximum absolute atomic E-state index is 12.3. The maximum atomic E-state index is 12.3.